The molecule has 0 aromatic heterocycles. The van der Waals surface area contributed by atoms with Crippen LogP contribution in [0, 0.1) is 0 Å². The molecule has 2 N–H and O–H groups in total. The number of halogens is 1. The highest BCUT2D eigenvalue weighted by atomic mass is 127. The predicted octanol–water partition coefficient (Wildman–Crippen LogP) is 3.23. The summed E-state index contributed by atoms with van der Waals surface area (Å²) < 4.78 is 10.6. The zero-order chi connectivity index (χ0) is 17.2. The molecule has 2 aromatic carbocycles. The molecule has 5 nitrogen and oxygen atoms in total. The van der Waals surface area contributed by atoms with Crippen LogP contribution in [-0.4, -0.2) is 33.8 Å². The van der Waals surface area contributed by atoms with Gasteiger partial charge in [-0.25, -0.2) is 0 Å². The number of rotatable bonds is 7. The topological polar surface area (TPSA) is 54.9 Å². The lowest BCUT2D eigenvalue weighted by Crippen LogP contribution is -2.37. The summed E-state index contributed by atoms with van der Waals surface area (Å²) in [5.74, 6) is 2.52. The third-order valence-corrected chi connectivity index (χ3v) is 3.70. The second-order valence-electron chi connectivity index (χ2n) is 5.27. The number of benzene rings is 2. The van der Waals surface area contributed by atoms with Crippen LogP contribution >= 0.6 is 24.0 Å². The van der Waals surface area contributed by atoms with Gasteiger partial charge in [0.1, 0.15) is 11.5 Å². The van der Waals surface area contributed by atoms with Gasteiger partial charge in [0.2, 0.25) is 0 Å². The van der Waals surface area contributed by atoms with Crippen LogP contribution in [-0.2, 0) is 13.0 Å². The molecule has 0 amide bonds. The molecule has 0 heterocycles. The Balaban J connectivity index is 0.00000312. The first kappa shape index (κ1) is 21.1. The fourth-order valence-electron chi connectivity index (χ4n) is 2.40. The standard InChI is InChI=1S/C19H25N3O2.HI/c1-20-19(22-14-16-8-4-5-10-18(16)24-3)21-12-11-15-7-6-9-17(13-15)23-2;/h4-10,13H,11-12,14H2,1-3H3,(H2,20,21,22);1H. The van der Waals surface area contributed by atoms with E-state index in [-0.39, 0.29) is 24.0 Å². The lowest BCUT2D eigenvalue weighted by atomic mass is 10.1. The molecule has 2 aromatic rings. The molecule has 0 spiro atoms. The lowest BCUT2D eigenvalue weighted by Gasteiger charge is -2.14. The average molecular weight is 455 g/mol. The first-order chi connectivity index (χ1) is 11.8. The SMILES string of the molecule is CN=C(NCCc1cccc(OC)c1)NCc1ccccc1OC.I. The van der Waals surface area contributed by atoms with Crippen LogP contribution in [0.3, 0.4) is 0 Å². The third-order valence-electron chi connectivity index (χ3n) is 3.70. The van der Waals surface area contributed by atoms with Crippen molar-refractivity contribution in [2.24, 2.45) is 4.99 Å². The molecule has 6 heteroatoms. The van der Waals surface area contributed by atoms with Crippen LogP contribution in [0.25, 0.3) is 0 Å². The van der Waals surface area contributed by atoms with Crippen molar-refractivity contribution in [3.05, 3.63) is 59.7 Å². The van der Waals surface area contributed by atoms with E-state index in [9.17, 15) is 0 Å². The minimum atomic E-state index is 0. The van der Waals surface area contributed by atoms with E-state index in [2.05, 4.69) is 21.7 Å². The van der Waals surface area contributed by atoms with E-state index in [0.29, 0.717) is 6.54 Å². The molecule has 0 saturated heterocycles. The quantitative estimate of drug-likeness (QED) is 0.383. The number of hydrogen-bond donors (Lipinski definition) is 2. The maximum atomic E-state index is 5.36. The maximum absolute atomic E-state index is 5.36. The Labute approximate surface area is 166 Å². The van der Waals surface area contributed by atoms with Crippen molar-refractivity contribution in [1.82, 2.24) is 10.6 Å². The van der Waals surface area contributed by atoms with E-state index < -0.39 is 0 Å². The summed E-state index contributed by atoms with van der Waals surface area (Å²) in [6.07, 6.45) is 0.895. The highest BCUT2D eigenvalue weighted by Crippen LogP contribution is 2.16. The first-order valence-electron chi connectivity index (χ1n) is 7.96. The second kappa shape index (κ2) is 11.6. The van der Waals surface area contributed by atoms with Gasteiger partial charge < -0.3 is 20.1 Å². The molecule has 25 heavy (non-hydrogen) atoms. The van der Waals surface area contributed by atoms with E-state index in [4.69, 9.17) is 9.47 Å². The van der Waals surface area contributed by atoms with Gasteiger partial charge >= 0.3 is 0 Å². The number of aliphatic imine (C=N–C) groups is 1. The molecule has 0 atom stereocenters. The van der Waals surface area contributed by atoms with Crippen molar-refractivity contribution in [1.29, 1.82) is 0 Å². The minimum Gasteiger partial charge on any atom is -0.497 e. The zero-order valence-corrected chi connectivity index (χ0v) is 17.2. The highest BCUT2D eigenvalue weighted by molar-refractivity contribution is 14.0. The van der Waals surface area contributed by atoms with Crippen molar-refractivity contribution in [3.8, 4) is 11.5 Å². The van der Waals surface area contributed by atoms with E-state index in [1.54, 1.807) is 21.3 Å². The van der Waals surface area contributed by atoms with Crippen molar-refractivity contribution in [2.45, 2.75) is 13.0 Å². The average Bonchev–Trinajstić information content (AvgIpc) is 2.64. The summed E-state index contributed by atoms with van der Waals surface area (Å²) in [5, 5.41) is 6.62. The highest BCUT2D eigenvalue weighted by Gasteiger charge is 2.03. The van der Waals surface area contributed by atoms with Gasteiger partial charge in [0.25, 0.3) is 0 Å². The molecule has 0 bridgehead atoms. The monoisotopic (exact) mass is 455 g/mol. The van der Waals surface area contributed by atoms with E-state index in [1.165, 1.54) is 5.56 Å². The largest absolute Gasteiger partial charge is 0.497 e. The van der Waals surface area contributed by atoms with Crippen LogP contribution in [0.2, 0.25) is 0 Å². The molecular weight excluding hydrogens is 429 g/mol. The van der Waals surface area contributed by atoms with Crippen LogP contribution in [0.15, 0.2) is 53.5 Å². The molecule has 0 saturated carbocycles. The van der Waals surface area contributed by atoms with E-state index in [1.807, 2.05) is 42.5 Å². The summed E-state index contributed by atoms with van der Waals surface area (Å²) in [7, 11) is 5.13. The Morgan fingerprint density at radius 2 is 1.80 bits per heavy atom. The smallest absolute Gasteiger partial charge is 0.191 e. The van der Waals surface area contributed by atoms with Crippen LogP contribution in [0.4, 0.5) is 0 Å². The van der Waals surface area contributed by atoms with Gasteiger partial charge in [-0.2, -0.15) is 0 Å². The Bertz CT molecular complexity index is 677. The van der Waals surface area contributed by atoms with Gasteiger partial charge in [-0.05, 0) is 30.2 Å². The number of nitrogens with one attached hydrogen (secondary N) is 2. The van der Waals surface area contributed by atoms with Gasteiger partial charge in [-0.3, -0.25) is 4.99 Å². The Morgan fingerprint density at radius 3 is 2.52 bits per heavy atom. The summed E-state index contributed by atoms with van der Waals surface area (Å²) >= 11 is 0. The summed E-state index contributed by atoms with van der Waals surface area (Å²) in [5.41, 5.74) is 2.32. The van der Waals surface area contributed by atoms with E-state index >= 15 is 0 Å². The Hall–Kier alpha value is -1.96. The summed E-state index contributed by atoms with van der Waals surface area (Å²) in [4.78, 5) is 4.25. The molecular formula is C19H26IN3O2. The van der Waals surface area contributed by atoms with E-state index in [0.717, 1.165) is 36.0 Å². The third kappa shape index (κ3) is 6.81. The van der Waals surface area contributed by atoms with Crippen molar-refractivity contribution >= 4 is 29.9 Å². The van der Waals surface area contributed by atoms with Gasteiger partial charge in [-0.15, -0.1) is 24.0 Å². The number of nitrogens with zero attached hydrogens (tertiary/aromatic N) is 1. The number of hydrogen-bond acceptors (Lipinski definition) is 3. The van der Waals surface area contributed by atoms with Crippen molar-refractivity contribution in [3.63, 3.8) is 0 Å². The Morgan fingerprint density at radius 1 is 1.00 bits per heavy atom. The zero-order valence-electron chi connectivity index (χ0n) is 14.9. The number of guanidine groups is 1. The molecule has 2 rings (SSSR count). The molecule has 0 aliphatic rings. The lowest BCUT2D eigenvalue weighted by molar-refractivity contribution is 0.409. The minimum absolute atomic E-state index is 0. The second-order valence-corrected chi connectivity index (χ2v) is 5.27. The molecule has 0 aliphatic heterocycles. The van der Waals surface area contributed by atoms with Crippen LogP contribution in [0.1, 0.15) is 11.1 Å². The first-order valence-corrected chi connectivity index (χ1v) is 7.96. The molecule has 136 valence electrons. The van der Waals surface area contributed by atoms with Crippen LogP contribution < -0.4 is 20.1 Å². The summed E-state index contributed by atoms with van der Waals surface area (Å²) in [6, 6.07) is 16.0. The van der Waals surface area contributed by atoms with Crippen molar-refractivity contribution in [2.75, 3.05) is 27.8 Å². The number of methoxy groups -OCH3 is 2. The predicted molar refractivity (Wildman–Crippen MR) is 113 cm³/mol. The van der Waals surface area contributed by atoms with Gasteiger partial charge in [-0.1, -0.05) is 30.3 Å². The summed E-state index contributed by atoms with van der Waals surface area (Å²) in [6.45, 7) is 1.45. The normalized spacial score (nSPS) is 10.6. The molecule has 0 unspecified atom stereocenters. The molecule has 0 aliphatic carbocycles. The van der Waals surface area contributed by atoms with Gasteiger partial charge in [0.15, 0.2) is 5.96 Å². The van der Waals surface area contributed by atoms with Gasteiger partial charge in [0.05, 0.1) is 14.2 Å². The molecule has 0 radical (unpaired) electrons. The van der Waals surface area contributed by atoms with Crippen molar-refractivity contribution < 1.29 is 9.47 Å². The fraction of sp³-hybridized carbons (Fsp3) is 0.316. The number of ether oxygens (including phenoxy) is 2. The number of para-hydroxylation sites is 1. The van der Waals surface area contributed by atoms with Gasteiger partial charge in [0, 0.05) is 25.7 Å². The fourth-order valence-corrected chi connectivity index (χ4v) is 2.40. The van der Waals surface area contributed by atoms with Crippen LogP contribution in [0.5, 0.6) is 11.5 Å². The molecule has 0 fully saturated rings. The maximum Gasteiger partial charge on any atom is 0.191 e. The Kier molecular flexibility index (Phi) is 9.76.